The molecule has 2 aromatic carbocycles. The third-order valence-corrected chi connectivity index (χ3v) is 3.91. The lowest BCUT2D eigenvalue weighted by Gasteiger charge is -2.15. The van der Waals surface area contributed by atoms with Crippen molar-refractivity contribution in [2.45, 2.75) is 6.54 Å². The molecule has 0 radical (unpaired) electrons. The lowest BCUT2D eigenvalue weighted by molar-refractivity contribution is -0.885. The number of carbonyl (C=O) groups excluding carboxylic acids is 1. The van der Waals surface area contributed by atoms with Crippen molar-refractivity contribution in [1.82, 2.24) is 0 Å². The topological polar surface area (TPSA) is 42.8 Å². The minimum Gasteiger partial charge on any atom is -0.497 e. The van der Waals surface area contributed by atoms with E-state index in [2.05, 4.69) is 5.32 Å². The summed E-state index contributed by atoms with van der Waals surface area (Å²) in [4.78, 5) is 13.1. The Morgan fingerprint density at radius 1 is 1.22 bits per heavy atom. The standard InChI is InChI=1S/C17H18Cl2N2O2/c1-21(10-12-6-7-13(18)8-16(12)19)11-17(22)20-14-4-3-5-15(9-14)23-2/h3-9H,10-11H2,1-2H3,(H,20,22)/p+1. The fraction of sp³-hybridized carbons (Fsp3) is 0.235. The maximum Gasteiger partial charge on any atom is 0.279 e. The average Bonchev–Trinajstić information content (AvgIpc) is 2.50. The first-order valence-electron chi connectivity index (χ1n) is 7.17. The number of benzene rings is 2. The lowest BCUT2D eigenvalue weighted by atomic mass is 10.2. The quantitative estimate of drug-likeness (QED) is 0.838. The largest absolute Gasteiger partial charge is 0.497 e. The van der Waals surface area contributed by atoms with Crippen molar-refractivity contribution in [2.24, 2.45) is 0 Å². The van der Waals surface area contributed by atoms with Gasteiger partial charge in [0.25, 0.3) is 5.91 Å². The number of nitrogens with one attached hydrogen (secondary N) is 2. The molecule has 1 unspecified atom stereocenters. The number of rotatable bonds is 6. The second-order valence-electron chi connectivity index (χ2n) is 5.33. The third-order valence-electron chi connectivity index (χ3n) is 3.32. The van der Waals surface area contributed by atoms with Crippen LogP contribution in [0.15, 0.2) is 42.5 Å². The monoisotopic (exact) mass is 353 g/mol. The van der Waals surface area contributed by atoms with Crippen molar-refractivity contribution in [1.29, 1.82) is 0 Å². The number of amides is 1. The van der Waals surface area contributed by atoms with Crippen LogP contribution in [0.5, 0.6) is 5.75 Å². The Bertz CT molecular complexity index is 692. The van der Waals surface area contributed by atoms with Gasteiger partial charge in [0, 0.05) is 22.3 Å². The molecular formula is C17H19Cl2N2O2+. The van der Waals surface area contributed by atoms with Crippen molar-refractivity contribution in [3.63, 3.8) is 0 Å². The molecule has 2 N–H and O–H groups in total. The molecule has 0 aliphatic carbocycles. The molecule has 1 atom stereocenters. The van der Waals surface area contributed by atoms with Gasteiger partial charge in [-0.3, -0.25) is 4.79 Å². The average molecular weight is 354 g/mol. The zero-order chi connectivity index (χ0) is 16.8. The molecule has 1 amide bonds. The highest BCUT2D eigenvalue weighted by molar-refractivity contribution is 6.35. The van der Waals surface area contributed by atoms with Crippen LogP contribution in [0.1, 0.15) is 5.56 Å². The fourth-order valence-corrected chi connectivity index (χ4v) is 2.71. The SMILES string of the molecule is COc1cccc(NC(=O)C[NH+](C)Cc2ccc(Cl)cc2Cl)c1. The summed E-state index contributed by atoms with van der Waals surface area (Å²) in [6.07, 6.45) is 0. The van der Waals surface area contributed by atoms with E-state index in [0.717, 1.165) is 10.5 Å². The van der Waals surface area contributed by atoms with Crippen molar-refractivity contribution in [3.05, 3.63) is 58.1 Å². The van der Waals surface area contributed by atoms with E-state index in [1.54, 1.807) is 25.3 Å². The number of methoxy groups -OCH3 is 1. The molecule has 0 saturated heterocycles. The molecule has 0 aromatic heterocycles. The second kappa shape index (κ2) is 8.20. The number of hydrogen-bond donors (Lipinski definition) is 2. The van der Waals surface area contributed by atoms with Gasteiger partial charge in [0.1, 0.15) is 12.3 Å². The normalized spacial score (nSPS) is 11.8. The van der Waals surface area contributed by atoms with E-state index >= 15 is 0 Å². The lowest BCUT2D eigenvalue weighted by Crippen LogP contribution is -3.08. The van der Waals surface area contributed by atoms with Crippen molar-refractivity contribution in [3.8, 4) is 5.75 Å². The Morgan fingerprint density at radius 2 is 2.00 bits per heavy atom. The molecule has 0 aliphatic rings. The summed E-state index contributed by atoms with van der Waals surface area (Å²) in [6, 6.07) is 12.7. The van der Waals surface area contributed by atoms with E-state index in [4.69, 9.17) is 27.9 Å². The minimum atomic E-state index is -0.0687. The number of halogens is 2. The predicted molar refractivity (Wildman–Crippen MR) is 93.5 cm³/mol. The van der Waals surface area contributed by atoms with Crippen LogP contribution in [-0.2, 0) is 11.3 Å². The van der Waals surface area contributed by atoms with Crippen LogP contribution in [0, 0.1) is 0 Å². The fourth-order valence-electron chi connectivity index (χ4n) is 2.23. The summed E-state index contributed by atoms with van der Waals surface area (Å²) >= 11 is 12.0. The van der Waals surface area contributed by atoms with E-state index in [1.807, 2.05) is 31.3 Å². The Hall–Kier alpha value is -1.75. The molecule has 0 spiro atoms. The first-order chi connectivity index (χ1) is 11.0. The molecule has 122 valence electrons. The van der Waals surface area contributed by atoms with Gasteiger partial charge in [-0.05, 0) is 24.3 Å². The number of quaternary nitrogens is 1. The van der Waals surface area contributed by atoms with E-state index in [1.165, 1.54) is 0 Å². The van der Waals surface area contributed by atoms with Gasteiger partial charge in [-0.15, -0.1) is 0 Å². The van der Waals surface area contributed by atoms with Gasteiger partial charge in [0.2, 0.25) is 0 Å². The maximum atomic E-state index is 12.1. The summed E-state index contributed by atoms with van der Waals surface area (Å²) in [7, 11) is 3.53. The highest BCUT2D eigenvalue weighted by Gasteiger charge is 2.13. The first-order valence-corrected chi connectivity index (χ1v) is 7.92. The Kier molecular flexibility index (Phi) is 6.28. The molecule has 0 bridgehead atoms. The molecule has 0 heterocycles. The van der Waals surface area contributed by atoms with Crippen LogP contribution < -0.4 is 15.0 Å². The van der Waals surface area contributed by atoms with E-state index in [9.17, 15) is 4.79 Å². The summed E-state index contributed by atoms with van der Waals surface area (Å²) in [5, 5.41) is 4.08. The second-order valence-corrected chi connectivity index (χ2v) is 6.17. The van der Waals surface area contributed by atoms with Gasteiger partial charge in [-0.2, -0.15) is 0 Å². The van der Waals surface area contributed by atoms with E-state index in [-0.39, 0.29) is 5.91 Å². The van der Waals surface area contributed by atoms with Gasteiger partial charge in [0.15, 0.2) is 6.54 Å². The van der Waals surface area contributed by atoms with Gasteiger partial charge in [-0.25, -0.2) is 0 Å². The Balaban J connectivity index is 1.91. The van der Waals surface area contributed by atoms with Gasteiger partial charge in [0.05, 0.1) is 19.2 Å². The van der Waals surface area contributed by atoms with E-state index < -0.39 is 0 Å². The molecule has 0 fully saturated rings. The number of hydrogen-bond acceptors (Lipinski definition) is 2. The zero-order valence-corrected chi connectivity index (χ0v) is 14.5. The predicted octanol–water partition coefficient (Wildman–Crippen LogP) is 2.66. The molecule has 23 heavy (non-hydrogen) atoms. The van der Waals surface area contributed by atoms with Crippen LogP contribution >= 0.6 is 23.2 Å². The Morgan fingerprint density at radius 3 is 2.70 bits per heavy atom. The highest BCUT2D eigenvalue weighted by Crippen LogP contribution is 2.20. The highest BCUT2D eigenvalue weighted by atomic mass is 35.5. The molecule has 0 aliphatic heterocycles. The van der Waals surface area contributed by atoms with Gasteiger partial charge in [-0.1, -0.05) is 35.3 Å². The molecular weight excluding hydrogens is 335 g/mol. The minimum absolute atomic E-state index is 0.0687. The molecule has 2 rings (SSSR count). The number of likely N-dealkylation sites (N-methyl/N-ethyl adjacent to an activating group) is 1. The van der Waals surface area contributed by atoms with E-state index in [0.29, 0.717) is 34.6 Å². The van der Waals surface area contributed by atoms with Crippen LogP contribution in [0.2, 0.25) is 10.0 Å². The Labute approximate surface area is 146 Å². The maximum absolute atomic E-state index is 12.1. The summed E-state index contributed by atoms with van der Waals surface area (Å²) in [5.41, 5.74) is 1.68. The first kappa shape index (κ1) is 17.6. The van der Waals surface area contributed by atoms with Crippen LogP contribution in [0.3, 0.4) is 0 Å². The molecule has 0 saturated carbocycles. The van der Waals surface area contributed by atoms with Crippen LogP contribution in [0.4, 0.5) is 5.69 Å². The van der Waals surface area contributed by atoms with Crippen molar-refractivity contribution >= 4 is 34.8 Å². The zero-order valence-electron chi connectivity index (χ0n) is 13.0. The summed E-state index contributed by atoms with van der Waals surface area (Å²) < 4.78 is 5.14. The number of anilines is 1. The summed E-state index contributed by atoms with van der Waals surface area (Å²) in [5.74, 6) is 0.636. The van der Waals surface area contributed by atoms with Gasteiger partial charge >= 0.3 is 0 Å². The number of ether oxygens (including phenoxy) is 1. The van der Waals surface area contributed by atoms with Crippen LogP contribution in [-0.4, -0.2) is 26.6 Å². The number of carbonyl (C=O) groups is 1. The van der Waals surface area contributed by atoms with Gasteiger partial charge < -0.3 is 15.0 Å². The molecule has 2 aromatic rings. The van der Waals surface area contributed by atoms with Crippen molar-refractivity contribution in [2.75, 3.05) is 26.0 Å². The third kappa shape index (κ3) is 5.43. The smallest absolute Gasteiger partial charge is 0.279 e. The van der Waals surface area contributed by atoms with Crippen LogP contribution in [0.25, 0.3) is 0 Å². The molecule has 4 nitrogen and oxygen atoms in total. The van der Waals surface area contributed by atoms with Crippen molar-refractivity contribution < 1.29 is 14.4 Å². The summed E-state index contributed by atoms with van der Waals surface area (Å²) in [6.45, 7) is 0.970. The molecule has 6 heteroatoms.